The molecule has 0 saturated heterocycles. The third-order valence-corrected chi connectivity index (χ3v) is 5.27. The van der Waals surface area contributed by atoms with E-state index >= 15 is 0 Å². The number of hydrogen-bond acceptors (Lipinski definition) is 5. The predicted molar refractivity (Wildman–Crippen MR) is 112 cm³/mol. The van der Waals surface area contributed by atoms with Gasteiger partial charge in [-0.3, -0.25) is 9.89 Å². The Bertz CT molecular complexity index is 976. The number of aryl methyl sites for hydroxylation is 2. The lowest BCUT2D eigenvalue weighted by atomic mass is 10.2. The highest BCUT2D eigenvalue weighted by atomic mass is 35.5. The quantitative estimate of drug-likeness (QED) is 0.542. The molecule has 0 radical (unpaired) electrons. The van der Waals surface area contributed by atoms with Gasteiger partial charge in [0.2, 0.25) is 11.1 Å². The van der Waals surface area contributed by atoms with Gasteiger partial charge in [-0.15, -0.1) is 5.10 Å². The summed E-state index contributed by atoms with van der Waals surface area (Å²) < 4.78 is 5.76. The highest BCUT2D eigenvalue weighted by Gasteiger charge is 2.18. The number of nitrogens with zero attached hydrogens (tertiary/aromatic N) is 2. The van der Waals surface area contributed by atoms with Crippen molar-refractivity contribution in [2.45, 2.75) is 37.8 Å². The Morgan fingerprint density at radius 2 is 2.04 bits per heavy atom. The Labute approximate surface area is 173 Å². The molecule has 0 saturated carbocycles. The number of para-hydroxylation sites is 1. The lowest BCUT2D eigenvalue weighted by Gasteiger charge is -2.12. The molecule has 8 heteroatoms. The minimum absolute atomic E-state index is 0.141. The maximum Gasteiger partial charge on any atom is 0.237 e. The van der Waals surface area contributed by atoms with Crippen LogP contribution in [0.4, 0.5) is 5.69 Å². The number of rotatable bonds is 7. The van der Waals surface area contributed by atoms with Crippen LogP contribution >= 0.6 is 23.4 Å². The van der Waals surface area contributed by atoms with Crippen molar-refractivity contribution in [2.75, 3.05) is 5.32 Å². The fourth-order valence-electron chi connectivity index (χ4n) is 2.43. The van der Waals surface area contributed by atoms with E-state index in [1.165, 1.54) is 11.8 Å². The Hall–Kier alpha value is -2.51. The first-order valence-corrected chi connectivity index (χ1v) is 10.0. The smallest absolute Gasteiger partial charge is 0.237 e. The molecule has 0 fully saturated rings. The van der Waals surface area contributed by atoms with Crippen molar-refractivity contribution < 1.29 is 9.53 Å². The number of hydrogen-bond donors (Lipinski definition) is 2. The van der Waals surface area contributed by atoms with E-state index in [0.29, 0.717) is 21.7 Å². The molecule has 0 aliphatic carbocycles. The van der Waals surface area contributed by atoms with Gasteiger partial charge in [-0.25, -0.2) is 4.98 Å². The number of ether oxygens (including phenoxy) is 1. The van der Waals surface area contributed by atoms with Crippen LogP contribution in [-0.2, 0) is 11.4 Å². The van der Waals surface area contributed by atoms with Crippen LogP contribution in [-0.4, -0.2) is 26.3 Å². The number of thioether (sulfide) groups is 1. The lowest BCUT2D eigenvalue weighted by Crippen LogP contribution is -2.23. The number of halogens is 1. The summed E-state index contributed by atoms with van der Waals surface area (Å²) in [6.07, 6.45) is 0. The van der Waals surface area contributed by atoms with Gasteiger partial charge in [-0.05, 0) is 50.1 Å². The Morgan fingerprint density at radius 1 is 1.25 bits per heavy atom. The predicted octanol–water partition coefficient (Wildman–Crippen LogP) is 4.77. The van der Waals surface area contributed by atoms with E-state index in [-0.39, 0.29) is 17.8 Å². The first kappa shape index (κ1) is 20.2. The van der Waals surface area contributed by atoms with Gasteiger partial charge < -0.3 is 10.1 Å². The molecule has 1 amide bonds. The van der Waals surface area contributed by atoms with Gasteiger partial charge in [-0.1, -0.05) is 47.6 Å². The second kappa shape index (κ2) is 9.12. The maximum absolute atomic E-state index is 12.5. The second-order valence-electron chi connectivity index (χ2n) is 6.33. The zero-order chi connectivity index (χ0) is 20.1. The molecule has 2 aromatic carbocycles. The number of carbonyl (C=O) groups excluding carboxylic acids is 1. The Morgan fingerprint density at radius 3 is 2.82 bits per heavy atom. The van der Waals surface area contributed by atoms with E-state index < -0.39 is 0 Å². The van der Waals surface area contributed by atoms with Gasteiger partial charge in [0.15, 0.2) is 5.82 Å². The van der Waals surface area contributed by atoms with Crippen LogP contribution in [0.2, 0.25) is 5.02 Å². The molecule has 28 heavy (non-hydrogen) atoms. The Balaban J connectivity index is 1.56. The van der Waals surface area contributed by atoms with Crippen molar-refractivity contribution in [3.8, 4) is 5.75 Å². The van der Waals surface area contributed by atoms with E-state index in [1.807, 2.05) is 44.2 Å². The minimum Gasteiger partial charge on any atom is -0.485 e. The third-order valence-electron chi connectivity index (χ3n) is 4.08. The molecular weight excluding hydrogens is 396 g/mol. The molecule has 0 bridgehead atoms. The number of nitrogens with one attached hydrogen (secondary N) is 2. The molecule has 0 spiro atoms. The van der Waals surface area contributed by atoms with Gasteiger partial charge in [0.25, 0.3) is 0 Å². The summed E-state index contributed by atoms with van der Waals surface area (Å²) in [5.74, 6) is 1.26. The van der Waals surface area contributed by atoms with Crippen molar-refractivity contribution in [3.05, 3.63) is 64.4 Å². The largest absolute Gasteiger partial charge is 0.485 e. The molecule has 0 aliphatic heterocycles. The molecule has 0 aliphatic rings. The van der Waals surface area contributed by atoms with Gasteiger partial charge in [-0.2, -0.15) is 0 Å². The zero-order valence-corrected chi connectivity index (χ0v) is 17.4. The average Bonchev–Trinajstić information content (AvgIpc) is 3.11. The zero-order valence-electron chi connectivity index (χ0n) is 15.8. The maximum atomic E-state index is 12.5. The van der Waals surface area contributed by atoms with Crippen LogP contribution in [0.25, 0.3) is 0 Å². The van der Waals surface area contributed by atoms with Crippen LogP contribution in [0.3, 0.4) is 0 Å². The van der Waals surface area contributed by atoms with Crippen molar-refractivity contribution in [1.82, 2.24) is 15.2 Å². The second-order valence-corrected chi connectivity index (χ2v) is 8.07. The minimum atomic E-state index is -0.376. The number of H-pyrrole nitrogens is 1. The van der Waals surface area contributed by atoms with Crippen molar-refractivity contribution in [1.29, 1.82) is 0 Å². The van der Waals surface area contributed by atoms with Crippen LogP contribution in [0.15, 0.2) is 47.6 Å². The SMILES string of the molecule is Cc1ccc(Cl)cc1NC(=O)[C@H](C)Sc1n[nH]c(COc2ccccc2C)n1. The molecule has 3 aromatic rings. The summed E-state index contributed by atoms with van der Waals surface area (Å²) in [4.78, 5) is 16.9. The monoisotopic (exact) mass is 416 g/mol. The van der Waals surface area contributed by atoms with Gasteiger partial charge >= 0.3 is 0 Å². The normalized spacial score (nSPS) is 11.9. The average molecular weight is 417 g/mol. The standard InChI is InChI=1S/C20H21ClN4O2S/c1-12-8-9-15(21)10-16(12)22-19(26)14(3)28-20-23-18(24-25-20)11-27-17-7-5-4-6-13(17)2/h4-10,14H,11H2,1-3H3,(H,22,26)(H,23,24,25)/t14-/m0/s1. The van der Waals surface area contributed by atoms with Gasteiger partial charge in [0.05, 0.1) is 5.25 Å². The van der Waals surface area contributed by atoms with Crippen LogP contribution < -0.4 is 10.1 Å². The summed E-state index contributed by atoms with van der Waals surface area (Å²) in [7, 11) is 0. The molecule has 1 heterocycles. The van der Waals surface area contributed by atoms with Crippen molar-refractivity contribution >= 4 is 35.0 Å². The van der Waals surface area contributed by atoms with Gasteiger partial charge in [0, 0.05) is 10.7 Å². The summed E-state index contributed by atoms with van der Waals surface area (Å²) >= 11 is 7.28. The van der Waals surface area contributed by atoms with E-state index in [2.05, 4.69) is 20.5 Å². The van der Waals surface area contributed by atoms with Crippen LogP contribution in [0.5, 0.6) is 5.75 Å². The molecule has 146 valence electrons. The van der Waals surface area contributed by atoms with E-state index in [1.54, 1.807) is 19.1 Å². The van der Waals surface area contributed by atoms with E-state index in [0.717, 1.165) is 16.9 Å². The molecule has 0 unspecified atom stereocenters. The van der Waals surface area contributed by atoms with E-state index in [4.69, 9.17) is 16.3 Å². The van der Waals surface area contributed by atoms with Crippen molar-refractivity contribution in [2.24, 2.45) is 0 Å². The first-order chi connectivity index (χ1) is 13.4. The van der Waals surface area contributed by atoms with Crippen LogP contribution in [0, 0.1) is 13.8 Å². The van der Waals surface area contributed by atoms with Crippen molar-refractivity contribution in [3.63, 3.8) is 0 Å². The number of benzene rings is 2. The van der Waals surface area contributed by atoms with E-state index in [9.17, 15) is 4.79 Å². The number of aromatic amines is 1. The van der Waals surface area contributed by atoms with Gasteiger partial charge in [0.1, 0.15) is 12.4 Å². The molecular formula is C20H21ClN4O2S. The molecule has 3 rings (SSSR count). The lowest BCUT2D eigenvalue weighted by molar-refractivity contribution is -0.115. The topological polar surface area (TPSA) is 79.9 Å². The molecule has 1 aromatic heterocycles. The fraction of sp³-hybridized carbons (Fsp3) is 0.250. The summed E-state index contributed by atoms with van der Waals surface area (Å²) in [6.45, 7) is 5.99. The first-order valence-electron chi connectivity index (χ1n) is 8.76. The summed E-state index contributed by atoms with van der Waals surface area (Å²) in [5, 5.41) is 10.6. The van der Waals surface area contributed by atoms with Crippen LogP contribution in [0.1, 0.15) is 23.9 Å². The molecule has 2 N–H and O–H groups in total. The number of carbonyl (C=O) groups is 1. The number of amides is 1. The highest BCUT2D eigenvalue weighted by molar-refractivity contribution is 8.00. The third kappa shape index (κ3) is 5.27. The summed E-state index contributed by atoms with van der Waals surface area (Å²) in [6, 6.07) is 13.2. The molecule has 1 atom stereocenters. The fourth-order valence-corrected chi connectivity index (χ4v) is 3.35. The number of anilines is 1. The Kier molecular flexibility index (Phi) is 6.59. The molecule has 6 nitrogen and oxygen atoms in total. The highest BCUT2D eigenvalue weighted by Crippen LogP contribution is 2.24. The number of aromatic nitrogens is 3. The summed E-state index contributed by atoms with van der Waals surface area (Å²) in [5.41, 5.74) is 2.70.